The maximum atomic E-state index is 11.8. The third kappa shape index (κ3) is 3.47. The average Bonchev–Trinajstić information content (AvgIpc) is 2.89. The number of amides is 1. The second-order valence-electron chi connectivity index (χ2n) is 4.88. The number of rotatable bonds is 5. The summed E-state index contributed by atoms with van der Waals surface area (Å²) in [5.41, 5.74) is 5.37. The smallest absolute Gasteiger partial charge is 0.224 e. The second kappa shape index (κ2) is 5.73. The lowest BCUT2D eigenvalue weighted by atomic mass is 10.1. The molecule has 2 aromatic heterocycles. The maximum Gasteiger partial charge on any atom is 0.224 e. The van der Waals surface area contributed by atoms with Crippen molar-refractivity contribution in [3.8, 4) is 0 Å². The summed E-state index contributed by atoms with van der Waals surface area (Å²) in [6.45, 7) is 6.60. The van der Waals surface area contributed by atoms with Crippen LogP contribution in [0.25, 0.3) is 0 Å². The van der Waals surface area contributed by atoms with Gasteiger partial charge in [0.2, 0.25) is 5.91 Å². The molecule has 5 heteroatoms. The van der Waals surface area contributed by atoms with Crippen LogP contribution in [0, 0.1) is 20.8 Å². The number of H-pyrrole nitrogens is 2. The van der Waals surface area contributed by atoms with Crippen molar-refractivity contribution in [2.75, 3.05) is 6.54 Å². The minimum Gasteiger partial charge on any atom is -0.365 e. The van der Waals surface area contributed by atoms with Crippen molar-refractivity contribution in [2.45, 2.75) is 33.6 Å². The van der Waals surface area contributed by atoms with E-state index in [0.29, 0.717) is 13.0 Å². The molecular weight excluding hydrogens is 240 g/mol. The van der Waals surface area contributed by atoms with Crippen molar-refractivity contribution in [3.05, 3.63) is 40.5 Å². The third-order valence-electron chi connectivity index (χ3n) is 3.23. The van der Waals surface area contributed by atoms with E-state index in [4.69, 9.17) is 0 Å². The Labute approximate surface area is 112 Å². The van der Waals surface area contributed by atoms with E-state index in [1.807, 2.05) is 33.0 Å². The van der Waals surface area contributed by atoms with Crippen LogP contribution in [-0.4, -0.2) is 27.6 Å². The van der Waals surface area contributed by atoms with Gasteiger partial charge in [-0.3, -0.25) is 9.89 Å². The van der Waals surface area contributed by atoms with Gasteiger partial charge in [0.05, 0.1) is 12.1 Å². The highest BCUT2D eigenvalue weighted by molar-refractivity contribution is 5.78. The molecule has 0 aliphatic carbocycles. The Kier molecular flexibility index (Phi) is 4.04. The first-order chi connectivity index (χ1) is 9.06. The number of hydrogen-bond donors (Lipinski definition) is 3. The zero-order valence-corrected chi connectivity index (χ0v) is 11.6. The highest BCUT2D eigenvalue weighted by Crippen LogP contribution is 2.09. The zero-order chi connectivity index (χ0) is 13.8. The van der Waals surface area contributed by atoms with Crippen LogP contribution in [-0.2, 0) is 17.6 Å². The van der Waals surface area contributed by atoms with Gasteiger partial charge in [-0.25, -0.2) is 0 Å². The molecule has 2 aromatic rings. The molecule has 0 saturated carbocycles. The summed E-state index contributed by atoms with van der Waals surface area (Å²) in [6, 6.07) is 1.99. The average molecular weight is 260 g/mol. The van der Waals surface area contributed by atoms with Gasteiger partial charge in [-0.2, -0.15) is 5.10 Å². The zero-order valence-electron chi connectivity index (χ0n) is 11.6. The van der Waals surface area contributed by atoms with E-state index in [1.165, 1.54) is 5.56 Å². The number of aromatic nitrogens is 3. The number of aryl methyl sites for hydroxylation is 3. The van der Waals surface area contributed by atoms with E-state index in [2.05, 4.69) is 20.5 Å². The summed E-state index contributed by atoms with van der Waals surface area (Å²) in [5.74, 6) is 0.0535. The predicted octanol–water partition coefficient (Wildman–Crippen LogP) is 1.56. The lowest BCUT2D eigenvalue weighted by molar-refractivity contribution is -0.120. The van der Waals surface area contributed by atoms with Crippen LogP contribution in [0.4, 0.5) is 0 Å². The highest BCUT2D eigenvalue weighted by atomic mass is 16.1. The minimum absolute atomic E-state index is 0.0535. The Morgan fingerprint density at radius 2 is 2.16 bits per heavy atom. The molecule has 0 fully saturated rings. The Hall–Kier alpha value is -2.04. The van der Waals surface area contributed by atoms with Gasteiger partial charge in [-0.1, -0.05) is 0 Å². The minimum atomic E-state index is 0.0535. The van der Waals surface area contributed by atoms with Gasteiger partial charge < -0.3 is 10.3 Å². The van der Waals surface area contributed by atoms with E-state index >= 15 is 0 Å². The van der Waals surface area contributed by atoms with E-state index in [9.17, 15) is 4.79 Å². The van der Waals surface area contributed by atoms with Crippen molar-refractivity contribution < 1.29 is 4.79 Å². The number of aromatic amines is 2. The molecule has 3 N–H and O–H groups in total. The Balaban J connectivity index is 1.78. The van der Waals surface area contributed by atoms with Gasteiger partial charge in [0.1, 0.15) is 0 Å². The van der Waals surface area contributed by atoms with Gasteiger partial charge in [-0.15, -0.1) is 0 Å². The van der Waals surface area contributed by atoms with Crippen LogP contribution < -0.4 is 5.32 Å². The van der Waals surface area contributed by atoms with Crippen molar-refractivity contribution >= 4 is 5.91 Å². The first kappa shape index (κ1) is 13.4. The first-order valence-electron chi connectivity index (χ1n) is 6.47. The molecule has 2 rings (SSSR count). The first-order valence-corrected chi connectivity index (χ1v) is 6.47. The van der Waals surface area contributed by atoms with Gasteiger partial charge >= 0.3 is 0 Å². The normalized spacial score (nSPS) is 10.7. The lowest BCUT2D eigenvalue weighted by Gasteiger charge is -2.04. The van der Waals surface area contributed by atoms with Crippen molar-refractivity contribution in [1.29, 1.82) is 0 Å². The Bertz CT molecular complexity index is 548. The van der Waals surface area contributed by atoms with E-state index in [-0.39, 0.29) is 5.91 Å². The predicted molar refractivity (Wildman–Crippen MR) is 74.0 cm³/mol. The topological polar surface area (TPSA) is 73.6 Å². The van der Waals surface area contributed by atoms with Crippen LogP contribution in [0.3, 0.4) is 0 Å². The molecular formula is C14H20N4O. The molecule has 19 heavy (non-hydrogen) atoms. The molecule has 0 spiro atoms. The Morgan fingerprint density at radius 1 is 1.37 bits per heavy atom. The molecule has 0 radical (unpaired) electrons. The molecule has 0 saturated heterocycles. The third-order valence-corrected chi connectivity index (χ3v) is 3.23. The van der Waals surface area contributed by atoms with Gasteiger partial charge in [0.15, 0.2) is 0 Å². The fraction of sp³-hybridized carbons (Fsp3) is 0.429. The standard InChI is InChI=1S/C14H20N4O/c1-9-6-12(8-16-9)7-14(19)15-5-4-13-10(2)17-18-11(13)3/h6,8,16H,4-5,7H2,1-3H3,(H,15,19)(H,17,18). The summed E-state index contributed by atoms with van der Waals surface area (Å²) in [5, 5.41) is 10.0. The molecule has 0 aromatic carbocycles. The summed E-state index contributed by atoms with van der Waals surface area (Å²) >= 11 is 0. The van der Waals surface area contributed by atoms with Crippen molar-refractivity contribution in [3.63, 3.8) is 0 Å². The molecule has 0 atom stereocenters. The van der Waals surface area contributed by atoms with Gasteiger partial charge in [0, 0.05) is 24.1 Å². The molecule has 1 amide bonds. The van der Waals surface area contributed by atoms with Crippen LogP contribution in [0.2, 0.25) is 0 Å². The van der Waals surface area contributed by atoms with E-state index < -0.39 is 0 Å². The molecule has 0 unspecified atom stereocenters. The van der Waals surface area contributed by atoms with Crippen molar-refractivity contribution in [1.82, 2.24) is 20.5 Å². The van der Waals surface area contributed by atoms with Crippen LogP contribution in [0.5, 0.6) is 0 Å². The summed E-state index contributed by atoms with van der Waals surface area (Å²) in [7, 11) is 0. The van der Waals surface area contributed by atoms with Crippen LogP contribution >= 0.6 is 0 Å². The highest BCUT2D eigenvalue weighted by Gasteiger charge is 2.08. The summed E-state index contributed by atoms with van der Waals surface area (Å²) < 4.78 is 0. The SMILES string of the molecule is Cc1cc(CC(=O)NCCc2c(C)n[nH]c2C)c[nH]1. The van der Waals surface area contributed by atoms with Gasteiger partial charge in [0.25, 0.3) is 0 Å². The molecule has 0 aliphatic heterocycles. The number of carbonyl (C=O) groups is 1. The number of carbonyl (C=O) groups excluding carboxylic acids is 1. The number of hydrogen-bond acceptors (Lipinski definition) is 2. The molecule has 0 bridgehead atoms. The lowest BCUT2D eigenvalue weighted by Crippen LogP contribution is -2.27. The summed E-state index contributed by atoms with van der Waals surface area (Å²) in [6.07, 6.45) is 3.11. The van der Waals surface area contributed by atoms with E-state index in [0.717, 1.165) is 29.1 Å². The fourth-order valence-corrected chi connectivity index (χ4v) is 2.19. The largest absolute Gasteiger partial charge is 0.365 e. The van der Waals surface area contributed by atoms with Crippen LogP contribution in [0.1, 0.15) is 28.2 Å². The monoisotopic (exact) mass is 260 g/mol. The molecule has 102 valence electrons. The maximum absolute atomic E-state index is 11.8. The Morgan fingerprint density at radius 3 is 2.74 bits per heavy atom. The quantitative estimate of drug-likeness (QED) is 0.763. The number of nitrogens with zero attached hydrogens (tertiary/aromatic N) is 1. The van der Waals surface area contributed by atoms with E-state index in [1.54, 1.807) is 0 Å². The molecule has 0 aliphatic rings. The molecule has 5 nitrogen and oxygen atoms in total. The number of nitrogens with one attached hydrogen (secondary N) is 3. The van der Waals surface area contributed by atoms with Crippen LogP contribution in [0.15, 0.2) is 12.3 Å². The summed E-state index contributed by atoms with van der Waals surface area (Å²) in [4.78, 5) is 14.8. The van der Waals surface area contributed by atoms with Crippen molar-refractivity contribution in [2.24, 2.45) is 0 Å². The fourth-order valence-electron chi connectivity index (χ4n) is 2.19. The molecule has 2 heterocycles. The second-order valence-corrected chi connectivity index (χ2v) is 4.88. The van der Waals surface area contributed by atoms with Gasteiger partial charge in [-0.05, 0) is 44.4 Å².